The van der Waals surface area contributed by atoms with Crippen LogP contribution in [0.25, 0.3) is 10.9 Å². The summed E-state index contributed by atoms with van der Waals surface area (Å²) in [5.74, 6) is 1.33. The molecule has 0 spiro atoms. The number of halogens is 1. The number of carbonyl (C=O) groups excluding carboxylic acids is 1. The second kappa shape index (κ2) is 10.1. The molecule has 0 saturated carbocycles. The fourth-order valence-corrected chi connectivity index (χ4v) is 3.42. The SMILES string of the molecule is CNC(=O)[C@H](C)Oc1cccc2ncnc(Nc3ccc(OCc4ccccn4)c(Cl)c3)c12. The van der Waals surface area contributed by atoms with E-state index in [1.165, 1.54) is 6.33 Å². The number of nitrogens with zero attached hydrogens (tertiary/aromatic N) is 3. The molecule has 2 aromatic carbocycles. The molecule has 4 rings (SSSR count). The number of rotatable bonds is 8. The number of aromatic nitrogens is 3. The zero-order chi connectivity index (χ0) is 23.2. The fraction of sp³-hybridized carbons (Fsp3) is 0.167. The van der Waals surface area contributed by atoms with Crippen LogP contribution in [-0.2, 0) is 11.4 Å². The number of nitrogens with one attached hydrogen (secondary N) is 2. The van der Waals surface area contributed by atoms with Crippen molar-refractivity contribution in [2.45, 2.75) is 19.6 Å². The molecule has 0 saturated heterocycles. The lowest BCUT2D eigenvalue weighted by Gasteiger charge is -2.17. The number of ether oxygens (including phenoxy) is 2. The van der Waals surface area contributed by atoms with Gasteiger partial charge in [0.2, 0.25) is 0 Å². The number of likely N-dealkylation sites (N-methyl/N-ethyl adjacent to an activating group) is 1. The summed E-state index contributed by atoms with van der Waals surface area (Å²) in [6.07, 6.45) is 2.49. The second-order valence-electron chi connectivity index (χ2n) is 7.13. The molecule has 0 unspecified atom stereocenters. The van der Waals surface area contributed by atoms with E-state index in [1.807, 2.05) is 36.4 Å². The van der Waals surface area contributed by atoms with E-state index in [4.69, 9.17) is 21.1 Å². The molecule has 1 amide bonds. The summed E-state index contributed by atoms with van der Waals surface area (Å²) in [5.41, 5.74) is 2.19. The number of anilines is 2. The second-order valence-corrected chi connectivity index (χ2v) is 7.53. The van der Waals surface area contributed by atoms with Crippen molar-refractivity contribution in [1.29, 1.82) is 0 Å². The number of hydrogen-bond donors (Lipinski definition) is 2. The summed E-state index contributed by atoms with van der Waals surface area (Å²) in [6.45, 7) is 1.99. The third kappa shape index (κ3) is 5.30. The van der Waals surface area contributed by atoms with Crippen LogP contribution >= 0.6 is 11.6 Å². The van der Waals surface area contributed by atoms with E-state index in [0.29, 0.717) is 45.5 Å². The molecule has 2 N–H and O–H groups in total. The lowest BCUT2D eigenvalue weighted by atomic mass is 10.2. The predicted octanol–water partition coefficient (Wildman–Crippen LogP) is 4.51. The van der Waals surface area contributed by atoms with Gasteiger partial charge in [-0.3, -0.25) is 9.78 Å². The average Bonchev–Trinajstić information content (AvgIpc) is 2.84. The van der Waals surface area contributed by atoms with Gasteiger partial charge < -0.3 is 20.1 Å². The molecule has 0 aliphatic rings. The molecular weight excluding hydrogens is 442 g/mol. The third-order valence-electron chi connectivity index (χ3n) is 4.84. The van der Waals surface area contributed by atoms with Crippen molar-refractivity contribution in [2.24, 2.45) is 0 Å². The van der Waals surface area contributed by atoms with Gasteiger partial charge in [0, 0.05) is 18.9 Å². The molecule has 168 valence electrons. The van der Waals surface area contributed by atoms with Crippen LogP contribution in [0.4, 0.5) is 11.5 Å². The molecule has 2 heterocycles. The highest BCUT2D eigenvalue weighted by Gasteiger charge is 2.17. The minimum atomic E-state index is -0.682. The Hall–Kier alpha value is -3.91. The maximum Gasteiger partial charge on any atom is 0.260 e. The van der Waals surface area contributed by atoms with Crippen LogP contribution < -0.4 is 20.1 Å². The van der Waals surface area contributed by atoms with Gasteiger partial charge in [-0.05, 0) is 49.4 Å². The summed E-state index contributed by atoms with van der Waals surface area (Å²) in [5, 5.41) is 6.94. The van der Waals surface area contributed by atoms with Gasteiger partial charge in [-0.2, -0.15) is 0 Å². The minimum Gasteiger partial charge on any atom is -0.486 e. The Bertz CT molecular complexity index is 1260. The summed E-state index contributed by atoms with van der Waals surface area (Å²) in [6, 6.07) is 16.4. The minimum absolute atomic E-state index is 0.230. The van der Waals surface area contributed by atoms with Gasteiger partial charge in [-0.1, -0.05) is 23.7 Å². The van der Waals surface area contributed by atoms with Gasteiger partial charge in [0.15, 0.2) is 6.10 Å². The normalized spacial score (nSPS) is 11.6. The summed E-state index contributed by atoms with van der Waals surface area (Å²) >= 11 is 6.44. The van der Waals surface area contributed by atoms with E-state index in [1.54, 1.807) is 38.4 Å². The standard InChI is InChI=1S/C24H22ClN5O3/c1-15(24(31)26-2)33-21-8-5-7-19-22(21)23(29-14-28-19)30-16-9-10-20(18(25)12-16)32-13-17-6-3-4-11-27-17/h3-12,14-15H,13H2,1-2H3,(H,26,31)(H,28,29,30)/t15-/m0/s1. The maximum atomic E-state index is 11.9. The molecule has 8 nitrogen and oxygen atoms in total. The van der Waals surface area contributed by atoms with Crippen molar-refractivity contribution >= 4 is 39.9 Å². The topological polar surface area (TPSA) is 98.3 Å². The van der Waals surface area contributed by atoms with E-state index in [2.05, 4.69) is 25.6 Å². The summed E-state index contributed by atoms with van der Waals surface area (Å²) in [7, 11) is 1.56. The maximum absolute atomic E-state index is 11.9. The Balaban J connectivity index is 1.57. The highest BCUT2D eigenvalue weighted by Crippen LogP contribution is 2.34. The first-order chi connectivity index (χ1) is 16.0. The lowest BCUT2D eigenvalue weighted by Crippen LogP contribution is -2.33. The molecule has 33 heavy (non-hydrogen) atoms. The quantitative estimate of drug-likeness (QED) is 0.396. The van der Waals surface area contributed by atoms with E-state index < -0.39 is 6.10 Å². The van der Waals surface area contributed by atoms with Crippen molar-refractivity contribution < 1.29 is 14.3 Å². The Labute approximate surface area is 196 Å². The fourth-order valence-electron chi connectivity index (χ4n) is 3.19. The molecule has 4 aromatic rings. The third-order valence-corrected chi connectivity index (χ3v) is 5.14. The number of amides is 1. The molecule has 0 bridgehead atoms. The molecule has 0 radical (unpaired) electrons. The Morgan fingerprint density at radius 2 is 1.94 bits per heavy atom. The number of benzene rings is 2. The van der Waals surface area contributed by atoms with Gasteiger partial charge in [0.25, 0.3) is 5.91 Å². The molecule has 0 fully saturated rings. The Morgan fingerprint density at radius 3 is 2.70 bits per heavy atom. The first-order valence-electron chi connectivity index (χ1n) is 10.3. The molecule has 1 atom stereocenters. The predicted molar refractivity (Wildman–Crippen MR) is 127 cm³/mol. The lowest BCUT2D eigenvalue weighted by molar-refractivity contribution is -0.126. The van der Waals surface area contributed by atoms with E-state index in [0.717, 1.165) is 5.69 Å². The van der Waals surface area contributed by atoms with Crippen molar-refractivity contribution in [2.75, 3.05) is 12.4 Å². The monoisotopic (exact) mass is 463 g/mol. The van der Waals surface area contributed by atoms with Crippen LogP contribution in [0.3, 0.4) is 0 Å². The summed E-state index contributed by atoms with van der Waals surface area (Å²) < 4.78 is 11.7. The van der Waals surface area contributed by atoms with Gasteiger partial charge >= 0.3 is 0 Å². The number of carbonyl (C=O) groups is 1. The van der Waals surface area contributed by atoms with Crippen LogP contribution in [0.2, 0.25) is 5.02 Å². The first-order valence-corrected chi connectivity index (χ1v) is 10.6. The number of fused-ring (bicyclic) bond motifs is 1. The van der Waals surface area contributed by atoms with Gasteiger partial charge in [0.1, 0.15) is 30.3 Å². The highest BCUT2D eigenvalue weighted by atomic mass is 35.5. The molecular formula is C24H22ClN5O3. The molecule has 2 aromatic heterocycles. The van der Waals surface area contributed by atoms with Crippen molar-refractivity contribution in [1.82, 2.24) is 20.3 Å². The zero-order valence-electron chi connectivity index (χ0n) is 18.1. The van der Waals surface area contributed by atoms with E-state index >= 15 is 0 Å². The van der Waals surface area contributed by atoms with E-state index in [9.17, 15) is 4.79 Å². The molecule has 9 heteroatoms. The van der Waals surface area contributed by atoms with Crippen molar-refractivity contribution in [3.63, 3.8) is 0 Å². The van der Waals surface area contributed by atoms with Crippen molar-refractivity contribution in [3.05, 3.63) is 77.8 Å². The van der Waals surface area contributed by atoms with Crippen LogP contribution in [0.1, 0.15) is 12.6 Å². The summed E-state index contributed by atoms with van der Waals surface area (Å²) in [4.78, 5) is 24.9. The molecule has 0 aliphatic carbocycles. The zero-order valence-corrected chi connectivity index (χ0v) is 18.8. The number of hydrogen-bond acceptors (Lipinski definition) is 7. The first kappa shape index (κ1) is 22.3. The molecule has 0 aliphatic heterocycles. The van der Waals surface area contributed by atoms with Gasteiger partial charge in [-0.15, -0.1) is 0 Å². The Kier molecular flexibility index (Phi) is 6.85. The van der Waals surface area contributed by atoms with E-state index in [-0.39, 0.29) is 5.91 Å². The average molecular weight is 464 g/mol. The van der Waals surface area contributed by atoms with Gasteiger partial charge in [-0.25, -0.2) is 9.97 Å². The largest absolute Gasteiger partial charge is 0.486 e. The van der Waals surface area contributed by atoms with Crippen LogP contribution in [0.5, 0.6) is 11.5 Å². The Morgan fingerprint density at radius 1 is 1.06 bits per heavy atom. The van der Waals surface area contributed by atoms with Crippen LogP contribution in [0, 0.1) is 0 Å². The van der Waals surface area contributed by atoms with Crippen molar-refractivity contribution in [3.8, 4) is 11.5 Å². The van der Waals surface area contributed by atoms with Gasteiger partial charge in [0.05, 0.1) is 21.6 Å². The highest BCUT2D eigenvalue weighted by molar-refractivity contribution is 6.32. The van der Waals surface area contributed by atoms with Crippen LogP contribution in [-0.4, -0.2) is 34.0 Å². The van der Waals surface area contributed by atoms with Crippen LogP contribution in [0.15, 0.2) is 67.1 Å². The number of pyridine rings is 1. The smallest absolute Gasteiger partial charge is 0.260 e.